The number of oxazole rings is 1. The summed E-state index contributed by atoms with van der Waals surface area (Å²) in [5.41, 5.74) is 0.955. The van der Waals surface area contributed by atoms with Gasteiger partial charge in [0, 0.05) is 20.0 Å². The van der Waals surface area contributed by atoms with Gasteiger partial charge in [-0.25, -0.2) is 4.98 Å². The van der Waals surface area contributed by atoms with E-state index in [1.54, 1.807) is 6.26 Å². The Hall–Kier alpha value is -0.290. The third-order valence-corrected chi connectivity index (χ3v) is 2.53. The van der Waals surface area contributed by atoms with Crippen LogP contribution in [0.3, 0.4) is 0 Å². The van der Waals surface area contributed by atoms with E-state index in [9.17, 15) is 5.11 Å². The molecule has 1 atom stereocenters. The van der Waals surface area contributed by atoms with E-state index in [1.165, 1.54) is 0 Å². The molecule has 1 N–H and O–H groups in total. The lowest BCUT2D eigenvalue weighted by atomic mass is 10.1. The van der Waals surface area contributed by atoms with Crippen LogP contribution in [0.1, 0.15) is 24.4 Å². The van der Waals surface area contributed by atoms with E-state index in [0.29, 0.717) is 5.89 Å². The Bertz CT molecular complexity index is 307. The summed E-state index contributed by atoms with van der Waals surface area (Å²) in [5, 5.41) is 9.48. The lowest BCUT2D eigenvalue weighted by Crippen LogP contribution is -2.37. The largest absolute Gasteiger partial charge is 0.449 e. The Morgan fingerprint density at radius 2 is 2.31 bits per heavy atom. The standard InChI is InChI=1S/C10H16N2O2.2ClH/c1-8-11-9(7-14-8)5-12-4-2-3-10(13)6-12;;/h7,10,13H,2-6H2,1H3;2*1H. The van der Waals surface area contributed by atoms with Crippen LogP contribution in [0.5, 0.6) is 0 Å². The number of piperidine rings is 1. The number of aryl methyl sites for hydroxylation is 1. The Balaban J connectivity index is 0.00000112. The molecule has 1 fully saturated rings. The molecule has 0 radical (unpaired) electrons. The fraction of sp³-hybridized carbons (Fsp3) is 0.700. The van der Waals surface area contributed by atoms with Gasteiger partial charge in [-0.2, -0.15) is 0 Å². The topological polar surface area (TPSA) is 49.5 Å². The Kier molecular flexibility index (Phi) is 6.99. The van der Waals surface area contributed by atoms with Crippen molar-refractivity contribution in [1.82, 2.24) is 9.88 Å². The lowest BCUT2D eigenvalue weighted by molar-refractivity contribution is 0.0662. The number of hydrogen-bond donors (Lipinski definition) is 1. The second kappa shape index (κ2) is 7.12. The molecule has 1 aromatic heterocycles. The Morgan fingerprint density at radius 1 is 1.56 bits per heavy atom. The zero-order chi connectivity index (χ0) is 9.97. The summed E-state index contributed by atoms with van der Waals surface area (Å²) in [6.07, 6.45) is 3.51. The average Bonchev–Trinajstić information content (AvgIpc) is 2.51. The number of nitrogens with zero attached hydrogens (tertiary/aromatic N) is 2. The molecule has 0 saturated carbocycles. The number of rotatable bonds is 2. The number of aliphatic hydroxyl groups excluding tert-OH is 1. The molecule has 1 aliphatic heterocycles. The summed E-state index contributed by atoms with van der Waals surface area (Å²) in [7, 11) is 0. The molecule has 16 heavy (non-hydrogen) atoms. The number of likely N-dealkylation sites (tertiary alicyclic amines) is 1. The molecular formula is C10H18Cl2N2O2. The van der Waals surface area contributed by atoms with Gasteiger partial charge in [0.25, 0.3) is 0 Å². The second-order valence-electron chi connectivity index (χ2n) is 3.89. The molecule has 2 rings (SSSR count). The molecule has 1 saturated heterocycles. The smallest absolute Gasteiger partial charge is 0.191 e. The molecule has 1 aliphatic rings. The maximum Gasteiger partial charge on any atom is 0.191 e. The molecule has 0 bridgehead atoms. The number of hydrogen-bond acceptors (Lipinski definition) is 4. The van der Waals surface area contributed by atoms with Crippen molar-refractivity contribution in [3.63, 3.8) is 0 Å². The first-order valence-electron chi connectivity index (χ1n) is 5.05. The predicted octanol–water partition coefficient (Wildman–Crippen LogP) is 1.78. The zero-order valence-electron chi connectivity index (χ0n) is 9.26. The van der Waals surface area contributed by atoms with Crippen LogP contribution in [0.4, 0.5) is 0 Å². The number of aromatic nitrogens is 1. The minimum atomic E-state index is -0.170. The van der Waals surface area contributed by atoms with Gasteiger partial charge in [-0.05, 0) is 19.4 Å². The van der Waals surface area contributed by atoms with Crippen LogP contribution in [0, 0.1) is 6.92 Å². The third-order valence-electron chi connectivity index (χ3n) is 2.53. The average molecular weight is 269 g/mol. The van der Waals surface area contributed by atoms with E-state index in [4.69, 9.17) is 4.42 Å². The monoisotopic (exact) mass is 268 g/mol. The van der Waals surface area contributed by atoms with Crippen LogP contribution in [0.25, 0.3) is 0 Å². The van der Waals surface area contributed by atoms with Crippen molar-refractivity contribution in [3.05, 3.63) is 17.8 Å². The van der Waals surface area contributed by atoms with Gasteiger partial charge >= 0.3 is 0 Å². The van der Waals surface area contributed by atoms with E-state index < -0.39 is 0 Å². The SMILES string of the molecule is Cc1nc(CN2CCCC(O)C2)co1.Cl.Cl. The highest BCUT2D eigenvalue weighted by atomic mass is 35.5. The summed E-state index contributed by atoms with van der Waals surface area (Å²) in [4.78, 5) is 6.45. The predicted molar refractivity (Wildman–Crippen MR) is 66.3 cm³/mol. The summed E-state index contributed by atoms with van der Waals surface area (Å²) >= 11 is 0. The molecule has 6 heteroatoms. The summed E-state index contributed by atoms with van der Waals surface area (Å²) < 4.78 is 5.13. The van der Waals surface area contributed by atoms with Crippen LogP contribution in [0.2, 0.25) is 0 Å². The van der Waals surface area contributed by atoms with E-state index in [-0.39, 0.29) is 30.9 Å². The Morgan fingerprint density at radius 3 is 2.88 bits per heavy atom. The van der Waals surface area contributed by atoms with Crippen molar-refractivity contribution in [2.75, 3.05) is 13.1 Å². The van der Waals surface area contributed by atoms with Gasteiger partial charge in [0.1, 0.15) is 6.26 Å². The second-order valence-corrected chi connectivity index (χ2v) is 3.89. The van der Waals surface area contributed by atoms with Gasteiger partial charge < -0.3 is 9.52 Å². The highest BCUT2D eigenvalue weighted by Gasteiger charge is 2.18. The lowest BCUT2D eigenvalue weighted by Gasteiger charge is -2.29. The van der Waals surface area contributed by atoms with Gasteiger partial charge in [-0.15, -0.1) is 24.8 Å². The minimum absolute atomic E-state index is 0. The fourth-order valence-electron chi connectivity index (χ4n) is 1.88. The molecule has 4 nitrogen and oxygen atoms in total. The van der Waals surface area contributed by atoms with Crippen molar-refractivity contribution >= 4 is 24.8 Å². The third kappa shape index (κ3) is 4.29. The van der Waals surface area contributed by atoms with Crippen molar-refractivity contribution in [1.29, 1.82) is 0 Å². The van der Waals surface area contributed by atoms with Crippen molar-refractivity contribution in [2.45, 2.75) is 32.4 Å². The quantitative estimate of drug-likeness (QED) is 0.889. The highest BCUT2D eigenvalue weighted by molar-refractivity contribution is 5.85. The molecule has 0 spiro atoms. The van der Waals surface area contributed by atoms with E-state index >= 15 is 0 Å². The normalized spacial score (nSPS) is 21.0. The molecule has 0 amide bonds. The maximum atomic E-state index is 9.48. The van der Waals surface area contributed by atoms with Crippen molar-refractivity contribution < 1.29 is 9.52 Å². The number of β-amino-alcohol motifs (C(OH)–C–C–N with tert-alkyl or cyclic N) is 1. The molecule has 0 aliphatic carbocycles. The first kappa shape index (κ1) is 15.7. The van der Waals surface area contributed by atoms with Crippen LogP contribution in [-0.4, -0.2) is 34.2 Å². The zero-order valence-corrected chi connectivity index (χ0v) is 10.9. The Labute approximate surface area is 108 Å². The fourth-order valence-corrected chi connectivity index (χ4v) is 1.88. The van der Waals surface area contributed by atoms with Gasteiger partial charge in [-0.1, -0.05) is 0 Å². The molecule has 94 valence electrons. The van der Waals surface area contributed by atoms with Crippen LogP contribution in [-0.2, 0) is 6.54 Å². The first-order valence-corrected chi connectivity index (χ1v) is 5.05. The number of aliphatic hydroxyl groups is 1. The highest BCUT2D eigenvalue weighted by Crippen LogP contribution is 2.13. The van der Waals surface area contributed by atoms with Crippen molar-refractivity contribution in [2.24, 2.45) is 0 Å². The van der Waals surface area contributed by atoms with Crippen LogP contribution < -0.4 is 0 Å². The number of halogens is 2. The van der Waals surface area contributed by atoms with E-state index in [2.05, 4.69) is 9.88 Å². The van der Waals surface area contributed by atoms with Gasteiger partial charge in [-0.3, -0.25) is 4.90 Å². The van der Waals surface area contributed by atoms with Crippen LogP contribution >= 0.6 is 24.8 Å². The van der Waals surface area contributed by atoms with Gasteiger partial charge in [0.15, 0.2) is 5.89 Å². The summed E-state index contributed by atoms with van der Waals surface area (Å²) in [5.74, 6) is 0.706. The minimum Gasteiger partial charge on any atom is -0.449 e. The van der Waals surface area contributed by atoms with E-state index in [0.717, 1.165) is 38.2 Å². The molecule has 2 heterocycles. The van der Waals surface area contributed by atoms with Crippen molar-refractivity contribution in [3.8, 4) is 0 Å². The summed E-state index contributed by atoms with van der Waals surface area (Å²) in [6, 6.07) is 0. The molecule has 0 aromatic carbocycles. The molecule has 1 aromatic rings. The first-order chi connectivity index (χ1) is 6.74. The van der Waals surface area contributed by atoms with E-state index in [1.807, 2.05) is 6.92 Å². The van der Waals surface area contributed by atoms with Gasteiger partial charge in [0.2, 0.25) is 0 Å². The summed E-state index contributed by atoms with van der Waals surface area (Å²) in [6.45, 7) is 4.43. The molecule has 1 unspecified atom stereocenters. The van der Waals surface area contributed by atoms with Gasteiger partial charge in [0.05, 0.1) is 11.8 Å². The molecular weight excluding hydrogens is 251 g/mol. The maximum absolute atomic E-state index is 9.48. The van der Waals surface area contributed by atoms with Crippen LogP contribution in [0.15, 0.2) is 10.7 Å².